The van der Waals surface area contributed by atoms with Gasteiger partial charge in [0.2, 0.25) is 11.5 Å². The van der Waals surface area contributed by atoms with E-state index in [9.17, 15) is 25.5 Å². The fraction of sp³-hybridized carbons (Fsp3) is 0.571. The molecule has 1 aliphatic heterocycles. The number of benzene rings is 2. The van der Waals surface area contributed by atoms with Crippen LogP contribution in [-0.2, 0) is 15.9 Å². The first kappa shape index (κ1) is 30.0. The van der Waals surface area contributed by atoms with E-state index >= 15 is 0 Å². The van der Waals surface area contributed by atoms with E-state index in [4.69, 9.17) is 33.2 Å². The van der Waals surface area contributed by atoms with Gasteiger partial charge in [-0.25, -0.2) is 0 Å². The van der Waals surface area contributed by atoms with Crippen LogP contribution >= 0.6 is 0 Å². The second-order valence-corrected chi connectivity index (χ2v) is 9.86. The van der Waals surface area contributed by atoms with Crippen LogP contribution in [0, 0.1) is 11.8 Å². The van der Waals surface area contributed by atoms with Crippen LogP contribution in [0.3, 0.4) is 0 Å². The van der Waals surface area contributed by atoms with E-state index in [2.05, 4.69) is 0 Å². The number of phenols is 1. The first-order valence-electron chi connectivity index (χ1n) is 12.9. The molecule has 2 aliphatic rings. The third-order valence-corrected chi connectivity index (χ3v) is 7.78. The molecule has 0 radical (unpaired) electrons. The van der Waals surface area contributed by atoms with E-state index in [1.165, 1.54) is 35.5 Å². The van der Waals surface area contributed by atoms with Gasteiger partial charge >= 0.3 is 0 Å². The van der Waals surface area contributed by atoms with Crippen molar-refractivity contribution in [1.29, 1.82) is 0 Å². The van der Waals surface area contributed by atoms with Crippen molar-refractivity contribution >= 4 is 0 Å². The predicted molar refractivity (Wildman–Crippen MR) is 141 cm³/mol. The fourth-order valence-electron chi connectivity index (χ4n) is 5.74. The van der Waals surface area contributed by atoms with Gasteiger partial charge < -0.3 is 58.7 Å². The van der Waals surface area contributed by atoms with Crippen molar-refractivity contribution in [3.63, 3.8) is 0 Å². The fourth-order valence-corrected chi connectivity index (χ4v) is 5.74. The Morgan fingerprint density at radius 3 is 2.00 bits per heavy atom. The Morgan fingerprint density at radius 2 is 1.45 bits per heavy atom. The molecule has 2 aromatic carbocycles. The third-order valence-electron chi connectivity index (χ3n) is 7.78. The van der Waals surface area contributed by atoms with E-state index < -0.39 is 36.4 Å². The molecule has 222 valence electrons. The minimum Gasteiger partial charge on any atom is -0.502 e. The van der Waals surface area contributed by atoms with Crippen LogP contribution in [0.1, 0.15) is 22.6 Å². The normalized spacial score (nSPS) is 28.0. The van der Waals surface area contributed by atoms with Crippen LogP contribution < -0.4 is 23.7 Å². The molecule has 12 nitrogen and oxygen atoms in total. The number of ether oxygens (including phenoxy) is 7. The summed E-state index contributed by atoms with van der Waals surface area (Å²) in [6.07, 6.45) is -4.95. The molecule has 40 heavy (non-hydrogen) atoms. The van der Waals surface area contributed by atoms with E-state index in [-0.39, 0.29) is 43.0 Å². The molecule has 1 fully saturated rings. The first-order valence-corrected chi connectivity index (χ1v) is 12.9. The number of hydrogen-bond acceptors (Lipinski definition) is 12. The Hall–Kier alpha value is -3.00. The highest BCUT2D eigenvalue weighted by Crippen LogP contribution is 2.54. The zero-order chi connectivity index (χ0) is 29.1. The minimum atomic E-state index is -1.48. The molecule has 7 unspecified atom stereocenters. The molecule has 1 saturated heterocycles. The standard InChI is InChI=1S/C28H38O12/c1-34-18-7-13-6-15(10-29)16(11-39-28-25(33)23(31)17(30)12-40-28)21(22(13)27(38-5)24(18)32)14-8-19(35-2)26(37-4)20(9-14)36-3/h7-9,15-17,21,23,25,28-33H,6,10-12H2,1-5H3. The Bertz CT molecular complexity index is 1150. The van der Waals surface area contributed by atoms with Crippen LogP contribution in [0.2, 0.25) is 0 Å². The maximum atomic E-state index is 11.0. The average molecular weight is 567 g/mol. The summed E-state index contributed by atoms with van der Waals surface area (Å²) < 4.78 is 39.3. The molecule has 5 N–H and O–H groups in total. The van der Waals surface area contributed by atoms with Gasteiger partial charge in [0, 0.05) is 18.1 Å². The van der Waals surface area contributed by atoms with Crippen molar-refractivity contribution in [1.82, 2.24) is 0 Å². The van der Waals surface area contributed by atoms with Gasteiger partial charge in [0.25, 0.3) is 0 Å². The molecular formula is C28H38O12. The number of rotatable bonds is 10. The first-order chi connectivity index (χ1) is 19.2. The molecule has 1 heterocycles. The van der Waals surface area contributed by atoms with Crippen LogP contribution in [0.5, 0.6) is 34.5 Å². The van der Waals surface area contributed by atoms with Gasteiger partial charge in [0.05, 0.1) is 48.8 Å². The highest BCUT2D eigenvalue weighted by atomic mass is 16.7. The summed E-state index contributed by atoms with van der Waals surface area (Å²) in [6.45, 7) is -0.431. The zero-order valence-electron chi connectivity index (χ0n) is 23.2. The Balaban J connectivity index is 1.87. The van der Waals surface area contributed by atoms with Gasteiger partial charge in [-0.3, -0.25) is 0 Å². The van der Waals surface area contributed by atoms with Gasteiger partial charge in [0.1, 0.15) is 18.3 Å². The van der Waals surface area contributed by atoms with Crippen LogP contribution in [-0.4, -0.2) is 106 Å². The van der Waals surface area contributed by atoms with Gasteiger partial charge in [-0.1, -0.05) is 0 Å². The van der Waals surface area contributed by atoms with Gasteiger partial charge in [-0.15, -0.1) is 0 Å². The van der Waals surface area contributed by atoms with E-state index in [1.54, 1.807) is 18.2 Å². The zero-order valence-corrected chi connectivity index (χ0v) is 23.2. The summed E-state index contributed by atoms with van der Waals surface area (Å²) in [5, 5.41) is 51.9. The lowest BCUT2D eigenvalue weighted by molar-refractivity contribution is -0.274. The summed E-state index contributed by atoms with van der Waals surface area (Å²) in [4.78, 5) is 0. The maximum Gasteiger partial charge on any atom is 0.203 e. The Morgan fingerprint density at radius 1 is 0.825 bits per heavy atom. The Kier molecular flexibility index (Phi) is 9.49. The van der Waals surface area contributed by atoms with Crippen LogP contribution in [0.4, 0.5) is 0 Å². The van der Waals surface area contributed by atoms with Crippen molar-refractivity contribution in [2.45, 2.75) is 36.9 Å². The molecule has 0 saturated carbocycles. The maximum absolute atomic E-state index is 11.0. The highest BCUT2D eigenvalue weighted by Gasteiger charge is 2.44. The van der Waals surface area contributed by atoms with Crippen molar-refractivity contribution in [3.05, 3.63) is 34.9 Å². The predicted octanol–water partition coefficient (Wildman–Crippen LogP) is 0.803. The summed E-state index contributed by atoms with van der Waals surface area (Å²) in [5.74, 6) is 0.150. The number of aliphatic hydroxyl groups excluding tert-OH is 4. The van der Waals surface area contributed by atoms with Crippen LogP contribution in [0.15, 0.2) is 18.2 Å². The van der Waals surface area contributed by atoms with E-state index in [0.29, 0.717) is 34.8 Å². The molecule has 2 aromatic rings. The summed E-state index contributed by atoms with van der Waals surface area (Å²) in [7, 11) is 7.41. The molecule has 0 aromatic heterocycles. The molecular weight excluding hydrogens is 528 g/mol. The lowest BCUT2D eigenvalue weighted by Gasteiger charge is -2.42. The summed E-state index contributed by atoms with van der Waals surface area (Å²) in [5.41, 5.74) is 2.16. The largest absolute Gasteiger partial charge is 0.502 e. The summed E-state index contributed by atoms with van der Waals surface area (Å²) >= 11 is 0. The number of phenolic OH excluding ortho intramolecular Hbond substituents is 1. The lowest BCUT2D eigenvalue weighted by atomic mass is 9.66. The molecule has 0 spiro atoms. The monoisotopic (exact) mass is 566 g/mol. The van der Waals surface area contributed by atoms with Gasteiger partial charge in [0.15, 0.2) is 29.3 Å². The number of aliphatic hydroxyl groups is 4. The molecule has 7 atom stereocenters. The molecule has 0 amide bonds. The Labute approximate surface area is 232 Å². The van der Waals surface area contributed by atoms with Crippen LogP contribution in [0.25, 0.3) is 0 Å². The van der Waals surface area contributed by atoms with Crippen molar-refractivity contribution in [3.8, 4) is 34.5 Å². The second-order valence-electron chi connectivity index (χ2n) is 9.86. The molecule has 0 bridgehead atoms. The van der Waals surface area contributed by atoms with Crippen molar-refractivity contribution in [2.24, 2.45) is 11.8 Å². The van der Waals surface area contributed by atoms with Gasteiger partial charge in [-0.2, -0.15) is 0 Å². The van der Waals surface area contributed by atoms with Crippen molar-refractivity contribution in [2.75, 3.05) is 55.4 Å². The van der Waals surface area contributed by atoms with E-state index in [0.717, 1.165) is 5.56 Å². The SMILES string of the molecule is COc1cc2c(c(OC)c1O)C(c1cc(OC)c(OC)c(OC)c1)C(COC1OCC(O)C(O)C1O)C(CO)C2. The molecule has 4 rings (SSSR count). The van der Waals surface area contributed by atoms with Gasteiger partial charge in [-0.05, 0) is 47.6 Å². The van der Waals surface area contributed by atoms with Crippen molar-refractivity contribution < 1.29 is 58.7 Å². The quantitative estimate of drug-likeness (QED) is 0.275. The third kappa shape index (κ3) is 5.35. The summed E-state index contributed by atoms with van der Waals surface area (Å²) in [6, 6.07) is 5.30. The minimum absolute atomic E-state index is 0.0213. The molecule has 1 aliphatic carbocycles. The number of methoxy groups -OCH3 is 5. The van der Waals surface area contributed by atoms with E-state index in [1.807, 2.05) is 0 Å². The topological polar surface area (TPSA) is 166 Å². The smallest absolute Gasteiger partial charge is 0.203 e. The molecule has 12 heteroatoms. The highest BCUT2D eigenvalue weighted by molar-refractivity contribution is 5.64. The number of fused-ring (bicyclic) bond motifs is 1. The lowest BCUT2D eigenvalue weighted by Crippen LogP contribution is -2.54. The number of hydrogen-bond donors (Lipinski definition) is 5. The average Bonchev–Trinajstić information content (AvgIpc) is 2.97. The second kappa shape index (κ2) is 12.7. The number of aromatic hydroxyl groups is 1.